The maximum atomic E-state index is 12.7. The number of rotatable bonds is 6. The molecule has 0 atom stereocenters. The van der Waals surface area contributed by atoms with Crippen LogP contribution in [-0.2, 0) is 7.05 Å². The number of anilines is 4. The predicted octanol–water partition coefficient (Wildman–Crippen LogP) is 4.31. The van der Waals surface area contributed by atoms with Gasteiger partial charge >= 0.3 is 0 Å². The molecule has 2 N–H and O–H groups in total. The fourth-order valence-corrected chi connectivity index (χ4v) is 3.73. The summed E-state index contributed by atoms with van der Waals surface area (Å²) in [6.07, 6.45) is 0. The average Bonchev–Trinajstić information content (AvgIpc) is 3.38. The predicted molar refractivity (Wildman–Crippen MR) is 125 cm³/mol. The first-order valence-electron chi connectivity index (χ1n) is 9.68. The van der Waals surface area contributed by atoms with E-state index in [9.17, 15) is 4.79 Å². The third-order valence-electron chi connectivity index (χ3n) is 4.58. The summed E-state index contributed by atoms with van der Waals surface area (Å²) < 4.78 is 1.60. The van der Waals surface area contributed by atoms with Gasteiger partial charge in [0.15, 0.2) is 0 Å². The van der Waals surface area contributed by atoms with Crippen molar-refractivity contribution in [3.63, 3.8) is 0 Å². The Kier molecular flexibility index (Phi) is 5.68. The minimum Gasteiger partial charge on any atom is -0.363 e. The monoisotopic (exact) mass is 433 g/mol. The minimum atomic E-state index is -0.208. The molecule has 3 aromatic heterocycles. The number of nitrogens with zero attached hydrogens (tertiary/aromatic N) is 5. The maximum absolute atomic E-state index is 12.7. The molecule has 1 aromatic carbocycles. The van der Waals surface area contributed by atoms with Crippen molar-refractivity contribution in [3.05, 3.63) is 65.4 Å². The maximum Gasteiger partial charge on any atom is 0.273 e. The molecule has 0 radical (unpaired) electrons. The highest BCUT2D eigenvalue weighted by molar-refractivity contribution is 7.13. The lowest BCUT2D eigenvalue weighted by Gasteiger charge is -2.14. The zero-order valence-electron chi connectivity index (χ0n) is 17.7. The van der Waals surface area contributed by atoms with E-state index in [4.69, 9.17) is 0 Å². The van der Waals surface area contributed by atoms with Gasteiger partial charge in [-0.05, 0) is 48.7 Å². The molecule has 3 heterocycles. The summed E-state index contributed by atoms with van der Waals surface area (Å²) >= 11 is 1.59. The summed E-state index contributed by atoms with van der Waals surface area (Å²) in [5, 5.41) is 12.6. The van der Waals surface area contributed by atoms with E-state index < -0.39 is 0 Å². The van der Waals surface area contributed by atoms with E-state index in [-0.39, 0.29) is 5.91 Å². The van der Waals surface area contributed by atoms with E-state index in [0.717, 1.165) is 22.1 Å². The fourth-order valence-electron chi connectivity index (χ4n) is 3.05. The van der Waals surface area contributed by atoms with Gasteiger partial charge in [-0.1, -0.05) is 6.07 Å². The van der Waals surface area contributed by atoms with Gasteiger partial charge in [0.2, 0.25) is 0 Å². The van der Waals surface area contributed by atoms with Gasteiger partial charge < -0.3 is 15.5 Å². The smallest absolute Gasteiger partial charge is 0.273 e. The number of benzene rings is 1. The lowest BCUT2D eigenvalue weighted by Crippen LogP contribution is -2.16. The van der Waals surface area contributed by atoms with Crippen molar-refractivity contribution in [1.29, 1.82) is 0 Å². The Morgan fingerprint density at radius 3 is 2.48 bits per heavy atom. The Balaban J connectivity index is 1.45. The van der Waals surface area contributed by atoms with Crippen LogP contribution in [0, 0.1) is 6.92 Å². The Hall–Kier alpha value is -3.72. The molecule has 0 aliphatic rings. The summed E-state index contributed by atoms with van der Waals surface area (Å²) in [5.74, 6) is 2.03. The topological polar surface area (TPSA) is 88.0 Å². The Labute approximate surface area is 184 Å². The van der Waals surface area contributed by atoms with E-state index in [0.29, 0.717) is 23.0 Å². The minimum absolute atomic E-state index is 0.208. The first-order chi connectivity index (χ1) is 14.9. The van der Waals surface area contributed by atoms with Crippen LogP contribution in [0.3, 0.4) is 0 Å². The molecule has 0 aliphatic carbocycles. The SMILES string of the molecule is Cc1nc(Nc2ccc(NC(=O)c3cc(-c4cccs4)nn3C)cc2)cc(N(C)C)n1. The van der Waals surface area contributed by atoms with Crippen molar-refractivity contribution in [1.82, 2.24) is 19.7 Å². The summed E-state index contributed by atoms with van der Waals surface area (Å²) in [5.41, 5.74) is 2.85. The Bertz CT molecular complexity index is 1200. The number of carbonyl (C=O) groups excluding carboxylic acids is 1. The molecule has 0 saturated carbocycles. The van der Waals surface area contributed by atoms with Crippen molar-refractivity contribution in [2.45, 2.75) is 6.92 Å². The second-order valence-electron chi connectivity index (χ2n) is 7.23. The van der Waals surface area contributed by atoms with Crippen molar-refractivity contribution >= 4 is 40.3 Å². The molecule has 0 aliphatic heterocycles. The average molecular weight is 434 g/mol. The molecule has 0 saturated heterocycles. The zero-order chi connectivity index (χ0) is 22.0. The second kappa shape index (κ2) is 8.57. The van der Waals surface area contributed by atoms with Crippen molar-refractivity contribution in [2.24, 2.45) is 7.05 Å². The molecule has 31 heavy (non-hydrogen) atoms. The van der Waals surface area contributed by atoms with Crippen LogP contribution >= 0.6 is 11.3 Å². The summed E-state index contributed by atoms with van der Waals surface area (Å²) in [6, 6.07) is 15.1. The number of aryl methyl sites for hydroxylation is 2. The molecule has 1 amide bonds. The van der Waals surface area contributed by atoms with E-state index >= 15 is 0 Å². The molecular formula is C22H23N7OS. The van der Waals surface area contributed by atoms with Crippen LogP contribution < -0.4 is 15.5 Å². The quantitative estimate of drug-likeness (QED) is 0.471. The van der Waals surface area contributed by atoms with Crippen LogP contribution in [0.5, 0.6) is 0 Å². The van der Waals surface area contributed by atoms with Gasteiger partial charge in [0.25, 0.3) is 5.91 Å². The number of aromatic nitrogens is 4. The van der Waals surface area contributed by atoms with Crippen molar-refractivity contribution < 1.29 is 4.79 Å². The molecule has 8 nitrogen and oxygen atoms in total. The van der Waals surface area contributed by atoms with Gasteiger partial charge in [0, 0.05) is 38.6 Å². The Morgan fingerprint density at radius 2 is 1.81 bits per heavy atom. The van der Waals surface area contributed by atoms with Crippen LogP contribution in [0.25, 0.3) is 10.6 Å². The van der Waals surface area contributed by atoms with E-state index in [2.05, 4.69) is 25.7 Å². The van der Waals surface area contributed by atoms with Crippen molar-refractivity contribution in [3.8, 4) is 10.6 Å². The standard InChI is InChI=1S/C22H23N7OS/c1-14-23-20(13-21(24-14)28(2)3)25-15-7-9-16(10-8-15)26-22(30)18-12-17(27-29(18)4)19-6-5-11-31-19/h5-13H,1-4H3,(H,26,30)(H,23,24,25). The van der Waals surface area contributed by atoms with Gasteiger partial charge in [-0.2, -0.15) is 5.10 Å². The lowest BCUT2D eigenvalue weighted by molar-refractivity contribution is 0.101. The summed E-state index contributed by atoms with van der Waals surface area (Å²) in [6.45, 7) is 1.86. The lowest BCUT2D eigenvalue weighted by atomic mass is 10.2. The van der Waals surface area contributed by atoms with Crippen LogP contribution in [0.2, 0.25) is 0 Å². The molecule has 158 valence electrons. The number of carbonyl (C=O) groups is 1. The highest BCUT2D eigenvalue weighted by Gasteiger charge is 2.15. The molecule has 4 aromatic rings. The van der Waals surface area contributed by atoms with Crippen LogP contribution in [-0.4, -0.2) is 39.8 Å². The molecule has 0 spiro atoms. The highest BCUT2D eigenvalue weighted by Crippen LogP contribution is 2.25. The van der Waals surface area contributed by atoms with Gasteiger partial charge in [-0.3, -0.25) is 9.48 Å². The number of hydrogen-bond acceptors (Lipinski definition) is 7. The van der Waals surface area contributed by atoms with Gasteiger partial charge in [-0.25, -0.2) is 9.97 Å². The van der Waals surface area contributed by atoms with E-state index in [1.54, 1.807) is 29.1 Å². The van der Waals surface area contributed by atoms with E-state index in [1.807, 2.05) is 73.8 Å². The zero-order valence-corrected chi connectivity index (χ0v) is 18.6. The van der Waals surface area contributed by atoms with Gasteiger partial charge in [0.1, 0.15) is 28.8 Å². The molecule has 0 unspecified atom stereocenters. The number of amides is 1. The first kappa shape index (κ1) is 20.5. The van der Waals surface area contributed by atoms with Gasteiger partial charge in [-0.15, -0.1) is 11.3 Å². The van der Waals surface area contributed by atoms with Gasteiger partial charge in [0.05, 0.1) is 4.88 Å². The van der Waals surface area contributed by atoms with Crippen LogP contribution in [0.15, 0.2) is 53.9 Å². The third kappa shape index (κ3) is 4.72. The molecule has 0 bridgehead atoms. The number of nitrogens with one attached hydrogen (secondary N) is 2. The first-order valence-corrected chi connectivity index (χ1v) is 10.6. The molecule has 4 rings (SSSR count). The Morgan fingerprint density at radius 1 is 1.06 bits per heavy atom. The summed E-state index contributed by atoms with van der Waals surface area (Å²) in [4.78, 5) is 24.5. The normalized spacial score (nSPS) is 10.7. The number of hydrogen-bond donors (Lipinski definition) is 2. The molecule has 9 heteroatoms. The van der Waals surface area contributed by atoms with Crippen LogP contribution in [0.1, 0.15) is 16.3 Å². The van der Waals surface area contributed by atoms with E-state index in [1.165, 1.54) is 0 Å². The van der Waals surface area contributed by atoms with Crippen molar-refractivity contribution in [2.75, 3.05) is 29.6 Å². The summed E-state index contributed by atoms with van der Waals surface area (Å²) in [7, 11) is 5.65. The molecule has 0 fully saturated rings. The second-order valence-corrected chi connectivity index (χ2v) is 8.17. The largest absolute Gasteiger partial charge is 0.363 e. The third-order valence-corrected chi connectivity index (χ3v) is 5.48. The fraction of sp³-hybridized carbons (Fsp3) is 0.182. The number of thiophene rings is 1. The molecular weight excluding hydrogens is 410 g/mol. The van der Waals surface area contributed by atoms with Crippen LogP contribution in [0.4, 0.5) is 23.0 Å². The highest BCUT2D eigenvalue weighted by atomic mass is 32.1.